The van der Waals surface area contributed by atoms with Gasteiger partial charge in [-0.15, -0.1) is 0 Å². The highest BCUT2D eigenvalue weighted by Crippen LogP contribution is 2.34. The number of imide groups is 1. The summed E-state index contributed by atoms with van der Waals surface area (Å²) < 4.78 is 18.5. The number of hydrogen-bond acceptors (Lipinski definition) is 3. The van der Waals surface area contributed by atoms with Crippen LogP contribution in [0.4, 0.5) is 9.18 Å². The summed E-state index contributed by atoms with van der Waals surface area (Å²) in [4.78, 5) is 28.0. The lowest BCUT2D eigenvalue weighted by Crippen LogP contribution is -2.39. The van der Waals surface area contributed by atoms with Crippen LogP contribution in [0.15, 0.2) is 18.2 Å². The lowest BCUT2D eigenvalue weighted by Gasteiger charge is -2.26. The largest absolute Gasteiger partial charge is 0.494 e. The molecule has 0 radical (unpaired) electrons. The van der Waals surface area contributed by atoms with Crippen LogP contribution in [0.5, 0.6) is 5.75 Å². The normalized spacial score (nSPS) is 22.8. The first-order valence-corrected chi connectivity index (χ1v) is 7.51. The molecule has 1 aromatic carbocycles. The molecule has 2 aliphatic rings. The molecule has 2 fully saturated rings. The predicted octanol–water partition coefficient (Wildman–Crippen LogP) is 2.71. The van der Waals surface area contributed by atoms with E-state index in [2.05, 4.69) is 0 Å². The second-order valence-electron chi connectivity index (χ2n) is 5.77. The molecule has 1 aromatic rings. The van der Waals surface area contributed by atoms with Crippen LogP contribution in [0, 0.1) is 5.82 Å². The number of piperidine rings is 1. The zero-order chi connectivity index (χ0) is 15.9. The number of carbonyl (C=O) groups excluding carboxylic acids is 2. The number of fused-ring (bicyclic) bond motifs is 1. The topological polar surface area (TPSA) is 49.9 Å². The molecule has 0 aromatic heterocycles. The van der Waals surface area contributed by atoms with Gasteiger partial charge in [-0.05, 0) is 43.9 Å². The van der Waals surface area contributed by atoms with Crippen molar-refractivity contribution >= 4 is 11.9 Å². The first kappa shape index (κ1) is 14.8. The van der Waals surface area contributed by atoms with Crippen molar-refractivity contribution in [3.63, 3.8) is 0 Å². The van der Waals surface area contributed by atoms with Gasteiger partial charge in [-0.1, -0.05) is 6.07 Å². The molecule has 3 rings (SSSR count). The number of hydrogen-bond donors (Lipinski definition) is 0. The van der Waals surface area contributed by atoms with Crippen molar-refractivity contribution in [3.8, 4) is 5.75 Å². The summed E-state index contributed by atoms with van der Waals surface area (Å²) in [5.41, 5.74) is 0.680. The van der Waals surface area contributed by atoms with Crippen molar-refractivity contribution < 1.29 is 18.7 Å². The van der Waals surface area contributed by atoms with Gasteiger partial charge in [0.25, 0.3) is 5.91 Å². The van der Waals surface area contributed by atoms with Crippen LogP contribution in [0.2, 0.25) is 0 Å². The number of methoxy groups -OCH3 is 1. The van der Waals surface area contributed by atoms with Crippen LogP contribution >= 0.6 is 0 Å². The summed E-state index contributed by atoms with van der Waals surface area (Å²) in [5, 5.41) is 0. The number of carbonyl (C=O) groups is 2. The molecule has 3 amide bonds. The molecule has 0 saturated carbocycles. The number of rotatable bonds is 3. The van der Waals surface area contributed by atoms with Crippen LogP contribution in [0.3, 0.4) is 0 Å². The number of benzene rings is 1. The summed E-state index contributed by atoms with van der Waals surface area (Å²) in [6.07, 6.45) is 2.62. The summed E-state index contributed by atoms with van der Waals surface area (Å²) >= 11 is 0. The van der Waals surface area contributed by atoms with Crippen molar-refractivity contribution in [2.75, 3.05) is 13.7 Å². The zero-order valence-corrected chi connectivity index (χ0v) is 12.7. The number of nitrogens with zero attached hydrogens (tertiary/aromatic N) is 2. The highest BCUT2D eigenvalue weighted by Gasteiger charge is 2.47. The third-order valence-electron chi connectivity index (χ3n) is 4.52. The molecular formula is C16H19FN2O3. The quantitative estimate of drug-likeness (QED) is 0.807. The van der Waals surface area contributed by atoms with Crippen molar-refractivity contribution in [2.45, 2.75) is 38.3 Å². The van der Waals surface area contributed by atoms with Gasteiger partial charge in [0.15, 0.2) is 11.6 Å². The fourth-order valence-corrected chi connectivity index (χ4v) is 3.25. The molecule has 22 heavy (non-hydrogen) atoms. The van der Waals surface area contributed by atoms with Gasteiger partial charge in [-0.2, -0.15) is 0 Å². The monoisotopic (exact) mass is 306 g/mol. The summed E-state index contributed by atoms with van der Waals surface area (Å²) in [5.74, 6) is -0.503. The first-order valence-electron chi connectivity index (χ1n) is 7.51. The lowest BCUT2D eigenvalue weighted by molar-refractivity contribution is -0.130. The third kappa shape index (κ3) is 2.23. The smallest absolute Gasteiger partial charge is 0.328 e. The Kier molecular flexibility index (Phi) is 3.76. The molecule has 2 aliphatic heterocycles. The Morgan fingerprint density at radius 3 is 2.77 bits per heavy atom. The highest BCUT2D eigenvalue weighted by molar-refractivity contribution is 6.04. The van der Waals surface area contributed by atoms with Crippen molar-refractivity contribution in [3.05, 3.63) is 29.6 Å². The van der Waals surface area contributed by atoms with E-state index in [0.29, 0.717) is 12.1 Å². The van der Waals surface area contributed by atoms with Crippen LogP contribution in [0.1, 0.15) is 37.8 Å². The van der Waals surface area contributed by atoms with Crippen LogP contribution < -0.4 is 4.74 Å². The van der Waals surface area contributed by atoms with Crippen LogP contribution in [0.25, 0.3) is 0 Å². The average Bonchev–Trinajstić information content (AvgIpc) is 2.79. The van der Waals surface area contributed by atoms with Gasteiger partial charge in [0.1, 0.15) is 6.04 Å². The fraction of sp³-hybridized carbons (Fsp3) is 0.500. The van der Waals surface area contributed by atoms with Gasteiger partial charge in [-0.3, -0.25) is 9.69 Å². The molecule has 0 N–H and O–H groups in total. The van der Waals surface area contributed by atoms with Gasteiger partial charge < -0.3 is 9.64 Å². The van der Waals surface area contributed by atoms with E-state index < -0.39 is 11.9 Å². The maximum atomic E-state index is 13.5. The van der Waals surface area contributed by atoms with E-state index in [1.165, 1.54) is 24.1 Å². The molecule has 6 heteroatoms. The average molecular weight is 306 g/mol. The van der Waals surface area contributed by atoms with Crippen molar-refractivity contribution in [1.29, 1.82) is 0 Å². The maximum absolute atomic E-state index is 13.5. The van der Waals surface area contributed by atoms with Gasteiger partial charge in [0.05, 0.1) is 13.2 Å². The molecule has 0 bridgehead atoms. The molecular weight excluding hydrogens is 287 g/mol. The molecule has 2 saturated heterocycles. The van der Waals surface area contributed by atoms with E-state index in [1.807, 2.05) is 0 Å². The minimum Gasteiger partial charge on any atom is -0.494 e. The van der Waals surface area contributed by atoms with E-state index in [4.69, 9.17) is 4.74 Å². The Labute approximate surface area is 128 Å². The lowest BCUT2D eigenvalue weighted by atomic mass is 10.0. The maximum Gasteiger partial charge on any atom is 0.328 e. The van der Waals surface area contributed by atoms with Crippen molar-refractivity contribution in [1.82, 2.24) is 9.80 Å². The Bertz CT molecular complexity index is 595. The Balaban J connectivity index is 1.90. The second-order valence-corrected chi connectivity index (χ2v) is 5.77. The standard InChI is InChI=1S/C16H19FN2O3/c1-10(11-6-7-12(17)14(9-11)22-2)19-15(20)13-5-3-4-8-18(13)16(19)21/h6-7,9-10,13H,3-5,8H2,1-2H3/t10-,13-/m1/s1. The van der Waals surface area contributed by atoms with E-state index in [1.54, 1.807) is 17.9 Å². The fourth-order valence-electron chi connectivity index (χ4n) is 3.25. The van der Waals surface area contributed by atoms with Gasteiger partial charge in [-0.25, -0.2) is 9.18 Å². The number of amides is 3. The summed E-state index contributed by atoms with van der Waals surface area (Å²) in [6, 6.07) is 3.40. The zero-order valence-electron chi connectivity index (χ0n) is 12.7. The van der Waals surface area contributed by atoms with Crippen molar-refractivity contribution in [2.24, 2.45) is 0 Å². The molecule has 2 atom stereocenters. The molecule has 0 aliphatic carbocycles. The summed E-state index contributed by atoms with van der Waals surface area (Å²) in [6.45, 7) is 2.41. The molecule has 0 spiro atoms. The molecule has 2 heterocycles. The number of urea groups is 1. The highest BCUT2D eigenvalue weighted by atomic mass is 19.1. The number of halogens is 1. The van der Waals surface area contributed by atoms with E-state index >= 15 is 0 Å². The summed E-state index contributed by atoms with van der Waals surface area (Å²) in [7, 11) is 1.39. The minimum atomic E-state index is -0.463. The second kappa shape index (κ2) is 5.59. The van der Waals surface area contributed by atoms with Crippen LogP contribution in [-0.2, 0) is 4.79 Å². The van der Waals surface area contributed by atoms with Crippen LogP contribution in [-0.4, -0.2) is 41.4 Å². The van der Waals surface area contributed by atoms with Gasteiger partial charge >= 0.3 is 6.03 Å². The first-order chi connectivity index (χ1) is 10.5. The Morgan fingerprint density at radius 2 is 2.09 bits per heavy atom. The molecule has 0 unspecified atom stereocenters. The molecule has 118 valence electrons. The van der Waals surface area contributed by atoms with E-state index in [9.17, 15) is 14.0 Å². The van der Waals surface area contributed by atoms with Gasteiger partial charge in [0, 0.05) is 6.54 Å². The molecule has 5 nitrogen and oxygen atoms in total. The predicted molar refractivity (Wildman–Crippen MR) is 78.0 cm³/mol. The SMILES string of the molecule is COc1cc([C@@H](C)N2C(=O)[C@H]3CCCCN3C2=O)ccc1F. The van der Waals surface area contributed by atoms with Gasteiger partial charge in [0.2, 0.25) is 0 Å². The van der Waals surface area contributed by atoms with E-state index in [0.717, 1.165) is 19.3 Å². The third-order valence-corrected chi connectivity index (χ3v) is 4.52. The minimum absolute atomic E-state index is 0.112. The van der Waals surface area contributed by atoms with E-state index in [-0.39, 0.29) is 23.7 Å². The number of ether oxygens (including phenoxy) is 1. The Hall–Kier alpha value is -2.11. The Morgan fingerprint density at radius 1 is 1.32 bits per heavy atom.